The van der Waals surface area contributed by atoms with Crippen molar-refractivity contribution >= 4 is 34.8 Å². The fourth-order valence-corrected chi connectivity index (χ4v) is 2.91. The molecule has 0 saturated heterocycles. The van der Waals surface area contributed by atoms with Gasteiger partial charge in [-0.15, -0.1) is 11.6 Å². The van der Waals surface area contributed by atoms with Gasteiger partial charge in [0, 0.05) is 11.1 Å². The van der Waals surface area contributed by atoms with E-state index < -0.39 is 0 Å². The molecule has 0 N–H and O–H groups in total. The number of hydrogen-bond donors (Lipinski definition) is 0. The molecule has 0 amide bonds. The van der Waals surface area contributed by atoms with Gasteiger partial charge in [0.1, 0.15) is 5.75 Å². The van der Waals surface area contributed by atoms with E-state index in [2.05, 4.69) is 20.8 Å². The van der Waals surface area contributed by atoms with Gasteiger partial charge in [-0.2, -0.15) is 0 Å². The molecule has 0 saturated carbocycles. The van der Waals surface area contributed by atoms with Gasteiger partial charge in [-0.1, -0.05) is 44.0 Å². The highest BCUT2D eigenvalue weighted by Crippen LogP contribution is 2.41. The molecule has 0 aromatic heterocycles. The Bertz CT molecular complexity index is 410. The summed E-state index contributed by atoms with van der Waals surface area (Å²) in [5, 5.41) is 1.01. The van der Waals surface area contributed by atoms with Crippen molar-refractivity contribution in [3.05, 3.63) is 27.7 Å². The van der Waals surface area contributed by atoms with E-state index in [0.717, 1.165) is 12.0 Å². The van der Waals surface area contributed by atoms with E-state index in [4.69, 9.17) is 39.5 Å². The topological polar surface area (TPSA) is 9.23 Å². The van der Waals surface area contributed by atoms with Crippen molar-refractivity contribution in [1.82, 2.24) is 0 Å². The molecule has 1 unspecified atom stereocenters. The summed E-state index contributed by atoms with van der Waals surface area (Å²) < 4.78 is 5.39. The van der Waals surface area contributed by atoms with Crippen molar-refractivity contribution in [2.75, 3.05) is 6.61 Å². The minimum Gasteiger partial charge on any atom is -0.492 e. The maximum absolute atomic E-state index is 6.41. The average molecular weight is 310 g/mol. The van der Waals surface area contributed by atoms with Crippen LogP contribution < -0.4 is 4.74 Å². The monoisotopic (exact) mass is 308 g/mol. The van der Waals surface area contributed by atoms with E-state index in [1.165, 1.54) is 0 Å². The lowest BCUT2D eigenvalue weighted by Gasteiger charge is -2.23. The largest absolute Gasteiger partial charge is 0.492 e. The predicted octanol–water partition coefficient (Wildman–Crippen LogP) is 6.11. The summed E-state index contributed by atoms with van der Waals surface area (Å²) in [6, 6.07) is 3.54. The Balaban J connectivity index is 3.00. The van der Waals surface area contributed by atoms with Crippen LogP contribution in [0.25, 0.3) is 0 Å². The predicted molar refractivity (Wildman–Crippen MR) is 80.3 cm³/mol. The second kappa shape index (κ2) is 6.36. The number of rotatable bonds is 4. The van der Waals surface area contributed by atoms with Crippen molar-refractivity contribution in [3.8, 4) is 5.75 Å². The molecule has 0 bridgehead atoms. The van der Waals surface area contributed by atoms with E-state index in [-0.39, 0.29) is 10.8 Å². The SMILES string of the molecule is CCOc1cc(Cl)c(C(Cl)CC(C)(C)C)cc1Cl. The Morgan fingerprint density at radius 3 is 2.28 bits per heavy atom. The summed E-state index contributed by atoms with van der Waals surface area (Å²) >= 11 is 18.8. The molecule has 0 aliphatic carbocycles. The van der Waals surface area contributed by atoms with Crippen LogP contribution in [0.1, 0.15) is 45.1 Å². The van der Waals surface area contributed by atoms with Crippen LogP contribution >= 0.6 is 34.8 Å². The van der Waals surface area contributed by atoms with Crippen LogP contribution in [-0.4, -0.2) is 6.61 Å². The van der Waals surface area contributed by atoms with Crippen LogP contribution in [0.4, 0.5) is 0 Å². The van der Waals surface area contributed by atoms with E-state index in [0.29, 0.717) is 22.4 Å². The number of ether oxygens (including phenoxy) is 1. The highest BCUT2D eigenvalue weighted by molar-refractivity contribution is 6.35. The zero-order valence-corrected chi connectivity index (χ0v) is 13.5. The van der Waals surface area contributed by atoms with Gasteiger partial charge >= 0.3 is 0 Å². The second-order valence-electron chi connectivity index (χ2n) is 5.47. The van der Waals surface area contributed by atoms with Crippen LogP contribution in [0.2, 0.25) is 10.0 Å². The average Bonchev–Trinajstić information content (AvgIpc) is 2.20. The summed E-state index contributed by atoms with van der Waals surface area (Å²) in [7, 11) is 0. The molecule has 0 heterocycles. The van der Waals surface area contributed by atoms with Gasteiger partial charge in [-0.25, -0.2) is 0 Å². The van der Waals surface area contributed by atoms with Crippen molar-refractivity contribution in [3.63, 3.8) is 0 Å². The van der Waals surface area contributed by atoms with Crippen LogP contribution in [0, 0.1) is 5.41 Å². The van der Waals surface area contributed by atoms with E-state index in [1.807, 2.05) is 6.92 Å². The van der Waals surface area contributed by atoms with E-state index in [1.54, 1.807) is 12.1 Å². The molecule has 1 nitrogen and oxygen atoms in total. The number of halogens is 3. The summed E-state index contributed by atoms with van der Waals surface area (Å²) in [5.41, 5.74) is 1.00. The van der Waals surface area contributed by atoms with Gasteiger partial charge in [-0.05, 0) is 30.4 Å². The van der Waals surface area contributed by atoms with Crippen LogP contribution in [-0.2, 0) is 0 Å². The molecular formula is C14H19Cl3O. The smallest absolute Gasteiger partial charge is 0.139 e. The van der Waals surface area contributed by atoms with Crippen LogP contribution in [0.5, 0.6) is 5.75 Å². The first kappa shape index (κ1) is 15.9. The van der Waals surface area contributed by atoms with Gasteiger partial charge in [0.2, 0.25) is 0 Å². The molecule has 1 atom stereocenters. The highest BCUT2D eigenvalue weighted by Gasteiger charge is 2.21. The number of alkyl halides is 1. The van der Waals surface area contributed by atoms with E-state index >= 15 is 0 Å². The lowest BCUT2D eigenvalue weighted by atomic mass is 9.88. The zero-order valence-electron chi connectivity index (χ0n) is 11.2. The highest BCUT2D eigenvalue weighted by atomic mass is 35.5. The molecule has 0 radical (unpaired) electrons. The first-order valence-electron chi connectivity index (χ1n) is 6.00. The number of hydrogen-bond acceptors (Lipinski definition) is 1. The Morgan fingerprint density at radius 2 is 1.78 bits per heavy atom. The molecule has 0 aliphatic rings. The van der Waals surface area contributed by atoms with Crippen molar-refractivity contribution in [2.45, 2.75) is 39.5 Å². The van der Waals surface area contributed by atoms with Gasteiger partial charge in [0.25, 0.3) is 0 Å². The van der Waals surface area contributed by atoms with Crippen molar-refractivity contribution in [1.29, 1.82) is 0 Å². The minimum absolute atomic E-state index is 0.140. The molecule has 4 heteroatoms. The van der Waals surface area contributed by atoms with E-state index in [9.17, 15) is 0 Å². The summed E-state index contributed by atoms with van der Waals surface area (Å²) in [6.45, 7) is 8.90. The summed E-state index contributed by atoms with van der Waals surface area (Å²) in [4.78, 5) is 0. The Morgan fingerprint density at radius 1 is 1.17 bits per heavy atom. The maximum Gasteiger partial charge on any atom is 0.139 e. The van der Waals surface area contributed by atoms with Gasteiger partial charge < -0.3 is 4.74 Å². The fraction of sp³-hybridized carbons (Fsp3) is 0.571. The first-order chi connectivity index (χ1) is 8.24. The molecule has 1 rings (SSSR count). The molecule has 0 spiro atoms. The summed E-state index contributed by atoms with van der Waals surface area (Å²) in [5.74, 6) is 0.604. The molecular weight excluding hydrogens is 291 g/mol. The lowest BCUT2D eigenvalue weighted by molar-refractivity contribution is 0.340. The molecule has 1 aromatic rings. The maximum atomic E-state index is 6.41. The quantitative estimate of drug-likeness (QED) is 0.610. The van der Waals surface area contributed by atoms with Gasteiger partial charge in [0.15, 0.2) is 0 Å². The zero-order chi connectivity index (χ0) is 13.9. The Hall–Kier alpha value is -0.110. The second-order valence-corrected chi connectivity index (χ2v) is 6.81. The normalized spacial score (nSPS) is 13.5. The minimum atomic E-state index is -0.148. The van der Waals surface area contributed by atoms with Crippen LogP contribution in [0.3, 0.4) is 0 Å². The third-order valence-electron chi connectivity index (χ3n) is 2.48. The number of benzene rings is 1. The Labute approximate surface area is 124 Å². The summed E-state index contributed by atoms with van der Waals surface area (Å²) in [6.07, 6.45) is 0.832. The third kappa shape index (κ3) is 4.53. The lowest BCUT2D eigenvalue weighted by Crippen LogP contribution is -2.09. The standard InChI is InChI=1S/C14H19Cl3O/c1-5-18-13-7-10(15)9(6-11(13)16)12(17)8-14(2,3)4/h6-7,12H,5,8H2,1-4H3. The fourth-order valence-electron chi connectivity index (χ4n) is 1.70. The van der Waals surface area contributed by atoms with Gasteiger partial charge in [-0.3, -0.25) is 0 Å². The molecule has 1 aromatic carbocycles. The molecule has 0 aliphatic heterocycles. The van der Waals surface area contributed by atoms with Crippen LogP contribution in [0.15, 0.2) is 12.1 Å². The third-order valence-corrected chi connectivity index (χ3v) is 3.49. The van der Waals surface area contributed by atoms with Gasteiger partial charge in [0.05, 0.1) is 17.0 Å². The molecule has 18 heavy (non-hydrogen) atoms. The van der Waals surface area contributed by atoms with Crippen molar-refractivity contribution in [2.24, 2.45) is 5.41 Å². The molecule has 0 fully saturated rings. The van der Waals surface area contributed by atoms with Crippen molar-refractivity contribution < 1.29 is 4.74 Å². The molecule has 102 valence electrons. The first-order valence-corrected chi connectivity index (χ1v) is 7.19. The Kier molecular flexibility index (Phi) is 5.64.